The maximum Gasteiger partial charge on any atom is 0.0464 e. The predicted molar refractivity (Wildman–Crippen MR) is 103 cm³/mol. The first-order chi connectivity index (χ1) is 11.8. The lowest BCUT2D eigenvalue weighted by Gasteiger charge is -2.12. The molecule has 0 unspecified atom stereocenters. The second-order valence-corrected chi connectivity index (χ2v) is 6.18. The first kappa shape index (κ1) is 13.2. The van der Waals surface area contributed by atoms with Crippen molar-refractivity contribution in [2.24, 2.45) is 0 Å². The van der Waals surface area contributed by atoms with Crippen molar-refractivity contribution in [1.29, 1.82) is 0 Å². The zero-order valence-electron chi connectivity index (χ0n) is 13.1. The molecule has 5 rings (SSSR count). The average molecular weight is 308 g/mol. The molecule has 114 valence electrons. The maximum atomic E-state index is 5.78. The van der Waals surface area contributed by atoms with Crippen molar-refractivity contribution < 1.29 is 0 Å². The second kappa shape index (κ2) is 4.87. The average Bonchev–Trinajstić information content (AvgIpc) is 2.95. The lowest BCUT2D eigenvalue weighted by atomic mass is 10.0. The largest absolute Gasteiger partial charge is 0.399 e. The summed E-state index contributed by atoms with van der Waals surface area (Å²) < 4.78 is 0. The van der Waals surface area contributed by atoms with Crippen LogP contribution in [0.25, 0.3) is 33.0 Å². The molecule has 4 aromatic carbocycles. The Labute approximate surface area is 140 Å². The molecular weight excluding hydrogens is 292 g/mol. The Bertz CT molecular complexity index is 1050. The molecule has 24 heavy (non-hydrogen) atoms. The van der Waals surface area contributed by atoms with Crippen molar-refractivity contribution in [3.63, 3.8) is 0 Å². The molecule has 3 N–H and O–H groups in total. The molecule has 4 aromatic rings. The van der Waals surface area contributed by atoms with Crippen LogP contribution >= 0.6 is 0 Å². The van der Waals surface area contributed by atoms with Gasteiger partial charge in [0.1, 0.15) is 0 Å². The molecule has 1 aliphatic rings. The molecule has 0 fully saturated rings. The van der Waals surface area contributed by atoms with Crippen LogP contribution in [0.4, 0.5) is 17.1 Å². The van der Waals surface area contributed by atoms with Crippen molar-refractivity contribution in [2.45, 2.75) is 0 Å². The lowest BCUT2D eigenvalue weighted by Crippen LogP contribution is -1.92. The number of rotatable bonds is 2. The van der Waals surface area contributed by atoms with Gasteiger partial charge in [-0.2, -0.15) is 0 Å². The van der Waals surface area contributed by atoms with Gasteiger partial charge in [0.15, 0.2) is 0 Å². The van der Waals surface area contributed by atoms with Crippen LogP contribution in [0.1, 0.15) is 0 Å². The van der Waals surface area contributed by atoms with E-state index in [4.69, 9.17) is 5.73 Å². The Kier molecular flexibility index (Phi) is 2.68. The topological polar surface area (TPSA) is 38.0 Å². The van der Waals surface area contributed by atoms with Gasteiger partial charge in [0, 0.05) is 22.4 Å². The molecule has 0 amide bonds. The summed E-state index contributed by atoms with van der Waals surface area (Å²) in [5, 5.41) is 6.11. The quantitative estimate of drug-likeness (QED) is 0.404. The third kappa shape index (κ3) is 1.83. The standard InChI is InChI=1S/C22H16N2/c23-14-8-10-15(11-9-14)24-21-13-12-19-17-5-2-1-4-16(17)18-6-3-7-20(21)22(18)19/h1-13,24H,23H2. The monoisotopic (exact) mass is 308 g/mol. The highest BCUT2D eigenvalue weighted by Gasteiger charge is 2.21. The summed E-state index contributed by atoms with van der Waals surface area (Å²) in [6.45, 7) is 0. The fourth-order valence-corrected chi connectivity index (χ4v) is 3.64. The number of hydrogen-bond donors (Lipinski definition) is 2. The van der Waals surface area contributed by atoms with E-state index in [-0.39, 0.29) is 0 Å². The van der Waals surface area contributed by atoms with Crippen LogP contribution in [0.15, 0.2) is 78.9 Å². The minimum absolute atomic E-state index is 0.774. The van der Waals surface area contributed by atoms with E-state index < -0.39 is 0 Å². The number of nitrogens with one attached hydrogen (secondary N) is 1. The Morgan fingerprint density at radius 1 is 0.583 bits per heavy atom. The maximum absolute atomic E-state index is 5.78. The van der Waals surface area contributed by atoms with Crippen LogP contribution in [-0.4, -0.2) is 0 Å². The molecule has 0 spiro atoms. The van der Waals surface area contributed by atoms with Gasteiger partial charge in [0.05, 0.1) is 0 Å². The fourth-order valence-electron chi connectivity index (χ4n) is 3.64. The number of nitrogen functional groups attached to an aromatic ring is 1. The van der Waals surface area contributed by atoms with Gasteiger partial charge in [-0.1, -0.05) is 48.5 Å². The normalized spacial score (nSPS) is 11.5. The smallest absolute Gasteiger partial charge is 0.0464 e. The van der Waals surface area contributed by atoms with E-state index >= 15 is 0 Å². The summed E-state index contributed by atoms with van der Waals surface area (Å²) in [6.07, 6.45) is 0. The summed E-state index contributed by atoms with van der Waals surface area (Å²) in [5.41, 5.74) is 14.0. The van der Waals surface area contributed by atoms with Crippen molar-refractivity contribution >= 4 is 27.8 Å². The third-order valence-electron chi connectivity index (χ3n) is 4.74. The van der Waals surface area contributed by atoms with Gasteiger partial charge in [0.2, 0.25) is 0 Å². The van der Waals surface area contributed by atoms with Gasteiger partial charge in [-0.05, 0) is 58.0 Å². The SMILES string of the molecule is Nc1ccc(Nc2ccc3c4c(cccc24)-c2ccccc2-3)cc1. The number of nitrogens with two attached hydrogens (primary N) is 1. The highest BCUT2D eigenvalue weighted by atomic mass is 14.9. The van der Waals surface area contributed by atoms with Gasteiger partial charge in [0.25, 0.3) is 0 Å². The van der Waals surface area contributed by atoms with Crippen LogP contribution in [0.5, 0.6) is 0 Å². The number of anilines is 3. The van der Waals surface area contributed by atoms with Crippen molar-refractivity contribution in [3.8, 4) is 22.3 Å². The number of benzene rings is 4. The number of hydrogen-bond acceptors (Lipinski definition) is 2. The summed E-state index contributed by atoms with van der Waals surface area (Å²) in [4.78, 5) is 0. The Morgan fingerprint density at radius 3 is 2.00 bits per heavy atom. The first-order valence-electron chi connectivity index (χ1n) is 8.09. The molecule has 0 aliphatic heterocycles. The van der Waals surface area contributed by atoms with Crippen LogP contribution in [0.3, 0.4) is 0 Å². The molecule has 0 heterocycles. The van der Waals surface area contributed by atoms with Crippen LogP contribution in [-0.2, 0) is 0 Å². The van der Waals surface area contributed by atoms with Crippen LogP contribution in [0.2, 0.25) is 0 Å². The first-order valence-corrected chi connectivity index (χ1v) is 8.09. The Balaban J connectivity index is 1.71. The molecule has 0 radical (unpaired) electrons. The van der Waals surface area contributed by atoms with Gasteiger partial charge >= 0.3 is 0 Å². The van der Waals surface area contributed by atoms with Gasteiger partial charge in [-0.3, -0.25) is 0 Å². The van der Waals surface area contributed by atoms with E-state index in [2.05, 4.69) is 59.9 Å². The van der Waals surface area contributed by atoms with E-state index in [1.54, 1.807) is 0 Å². The predicted octanol–water partition coefficient (Wildman–Crippen LogP) is 5.81. The lowest BCUT2D eigenvalue weighted by molar-refractivity contribution is 1.58. The summed E-state index contributed by atoms with van der Waals surface area (Å²) in [5.74, 6) is 0. The molecule has 0 bridgehead atoms. The van der Waals surface area contributed by atoms with E-state index in [1.807, 2.05) is 24.3 Å². The van der Waals surface area contributed by atoms with Gasteiger partial charge < -0.3 is 11.1 Å². The molecule has 0 saturated carbocycles. The van der Waals surface area contributed by atoms with Crippen molar-refractivity contribution in [2.75, 3.05) is 11.1 Å². The van der Waals surface area contributed by atoms with E-state index in [1.165, 1.54) is 33.0 Å². The molecule has 2 heteroatoms. The molecule has 0 saturated heterocycles. The summed E-state index contributed by atoms with van der Waals surface area (Å²) >= 11 is 0. The molecule has 0 aromatic heterocycles. The summed E-state index contributed by atoms with van der Waals surface area (Å²) in [6, 6.07) is 27.4. The van der Waals surface area contributed by atoms with Crippen LogP contribution in [0, 0.1) is 0 Å². The van der Waals surface area contributed by atoms with E-state index in [9.17, 15) is 0 Å². The van der Waals surface area contributed by atoms with Crippen LogP contribution < -0.4 is 11.1 Å². The highest BCUT2D eigenvalue weighted by molar-refractivity contribution is 6.18. The molecule has 2 nitrogen and oxygen atoms in total. The zero-order valence-corrected chi connectivity index (χ0v) is 13.1. The fraction of sp³-hybridized carbons (Fsp3) is 0. The minimum atomic E-state index is 0.774. The molecule has 1 aliphatic carbocycles. The molecule has 0 atom stereocenters. The highest BCUT2D eigenvalue weighted by Crippen LogP contribution is 2.48. The minimum Gasteiger partial charge on any atom is -0.399 e. The summed E-state index contributed by atoms with van der Waals surface area (Å²) in [7, 11) is 0. The zero-order chi connectivity index (χ0) is 16.1. The van der Waals surface area contributed by atoms with Crippen molar-refractivity contribution in [1.82, 2.24) is 0 Å². The molecular formula is C22H16N2. The van der Waals surface area contributed by atoms with E-state index in [0.29, 0.717) is 0 Å². The second-order valence-electron chi connectivity index (χ2n) is 6.18. The Hall–Kier alpha value is -3.26. The Morgan fingerprint density at radius 2 is 1.25 bits per heavy atom. The van der Waals surface area contributed by atoms with Gasteiger partial charge in [-0.15, -0.1) is 0 Å². The van der Waals surface area contributed by atoms with Crippen molar-refractivity contribution in [3.05, 3.63) is 78.9 Å². The number of fused-ring (bicyclic) bond motifs is 3. The van der Waals surface area contributed by atoms with E-state index in [0.717, 1.165) is 17.1 Å². The van der Waals surface area contributed by atoms with Gasteiger partial charge in [-0.25, -0.2) is 0 Å². The third-order valence-corrected chi connectivity index (χ3v) is 4.74.